The van der Waals surface area contributed by atoms with E-state index in [-0.39, 0.29) is 0 Å². The van der Waals surface area contributed by atoms with Crippen LogP contribution >= 0.6 is 0 Å². The molecule has 0 saturated heterocycles. The lowest BCUT2D eigenvalue weighted by atomic mass is 10.2. The fourth-order valence-corrected chi connectivity index (χ4v) is 1.73. The zero-order chi connectivity index (χ0) is 13.4. The third-order valence-corrected chi connectivity index (χ3v) is 3.26. The van der Waals surface area contributed by atoms with Crippen molar-refractivity contribution in [1.29, 1.82) is 0 Å². The predicted molar refractivity (Wildman–Crippen MR) is 80.1 cm³/mol. The highest BCUT2D eigenvalue weighted by atomic mass is 28.3. The zero-order valence-corrected chi connectivity index (χ0v) is 12.4. The van der Waals surface area contributed by atoms with Crippen LogP contribution in [-0.2, 0) is 0 Å². The van der Waals surface area contributed by atoms with Gasteiger partial charge in [0.15, 0.2) is 0 Å². The second-order valence-corrected chi connectivity index (χ2v) is 10.0. The SMILES string of the molecule is COc1ccc(C#CC#C/C=C/[Si](C)(C)C)cc1. The van der Waals surface area contributed by atoms with Crippen molar-refractivity contribution in [3.05, 3.63) is 41.6 Å². The molecule has 1 nitrogen and oxygen atoms in total. The van der Waals surface area contributed by atoms with E-state index in [9.17, 15) is 0 Å². The third-order valence-electron chi connectivity index (χ3n) is 2.10. The average molecular weight is 254 g/mol. The lowest BCUT2D eigenvalue weighted by Gasteiger charge is -2.05. The van der Waals surface area contributed by atoms with Crippen molar-refractivity contribution < 1.29 is 4.74 Å². The normalized spacial score (nSPS) is 10.2. The second-order valence-electron chi connectivity index (χ2n) is 4.95. The van der Waals surface area contributed by atoms with E-state index in [0.717, 1.165) is 11.3 Å². The predicted octanol–water partition coefficient (Wildman–Crippen LogP) is 3.48. The largest absolute Gasteiger partial charge is 0.497 e. The molecule has 0 spiro atoms. The second kappa shape index (κ2) is 6.74. The summed E-state index contributed by atoms with van der Waals surface area (Å²) in [6.07, 6.45) is 1.91. The van der Waals surface area contributed by atoms with Gasteiger partial charge in [-0.1, -0.05) is 37.2 Å². The summed E-state index contributed by atoms with van der Waals surface area (Å²) in [5, 5.41) is 0. The summed E-state index contributed by atoms with van der Waals surface area (Å²) in [6.45, 7) is 6.82. The van der Waals surface area contributed by atoms with Crippen molar-refractivity contribution in [2.45, 2.75) is 19.6 Å². The average Bonchev–Trinajstić information content (AvgIpc) is 2.33. The fourth-order valence-electron chi connectivity index (χ4n) is 1.15. The lowest BCUT2D eigenvalue weighted by molar-refractivity contribution is 0.415. The molecule has 1 aromatic carbocycles. The van der Waals surface area contributed by atoms with Crippen LogP contribution in [0.3, 0.4) is 0 Å². The maximum atomic E-state index is 5.08. The number of benzene rings is 1. The molecule has 1 rings (SSSR count). The lowest BCUT2D eigenvalue weighted by Crippen LogP contribution is -2.14. The monoisotopic (exact) mass is 254 g/mol. The van der Waals surface area contributed by atoms with Crippen molar-refractivity contribution in [3.8, 4) is 29.4 Å². The third kappa shape index (κ3) is 5.99. The van der Waals surface area contributed by atoms with Gasteiger partial charge in [-0.25, -0.2) is 0 Å². The van der Waals surface area contributed by atoms with Gasteiger partial charge in [0, 0.05) is 5.56 Å². The standard InChI is InChI=1S/C16H18OSi/c1-17-16-12-10-15(11-13-16)9-7-5-6-8-14-18(2,3)4/h8,10-14H,1-4H3/b14-8+. The summed E-state index contributed by atoms with van der Waals surface area (Å²) in [7, 11) is 0.513. The first-order chi connectivity index (χ1) is 8.51. The molecule has 0 aliphatic carbocycles. The maximum Gasteiger partial charge on any atom is 0.118 e. The van der Waals surface area contributed by atoms with Gasteiger partial charge < -0.3 is 4.74 Å². The molecule has 0 heterocycles. The van der Waals surface area contributed by atoms with Crippen molar-refractivity contribution in [2.24, 2.45) is 0 Å². The van der Waals surface area contributed by atoms with Gasteiger partial charge in [0.1, 0.15) is 5.75 Å². The van der Waals surface area contributed by atoms with Crippen molar-refractivity contribution >= 4 is 8.07 Å². The molecule has 18 heavy (non-hydrogen) atoms. The van der Waals surface area contributed by atoms with Crippen LogP contribution in [0.4, 0.5) is 0 Å². The summed E-state index contributed by atoms with van der Waals surface area (Å²) >= 11 is 0. The maximum absolute atomic E-state index is 5.08. The van der Waals surface area contributed by atoms with Crippen LogP contribution in [0, 0.1) is 23.7 Å². The first-order valence-electron chi connectivity index (χ1n) is 5.84. The molecule has 0 amide bonds. The Hall–Kier alpha value is -1.90. The van der Waals surface area contributed by atoms with E-state index in [1.165, 1.54) is 0 Å². The van der Waals surface area contributed by atoms with Crippen molar-refractivity contribution in [1.82, 2.24) is 0 Å². The first-order valence-corrected chi connectivity index (χ1v) is 9.42. The van der Waals surface area contributed by atoms with Crippen LogP contribution in [0.2, 0.25) is 19.6 Å². The number of rotatable bonds is 2. The molecule has 0 saturated carbocycles. The van der Waals surface area contributed by atoms with Crippen molar-refractivity contribution in [2.75, 3.05) is 7.11 Å². The molecule has 92 valence electrons. The molecule has 0 atom stereocenters. The Bertz CT molecular complexity index is 525. The van der Waals surface area contributed by atoms with E-state index >= 15 is 0 Å². The van der Waals surface area contributed by atoms with Crippen LogP contribution in [0.1, 0.15) is 5.56 Å². The number of hydrogen-bond donors (Lipinski definition) is 0. The molecule has 2 heteroatoms. The van der Waals surface area contributed by atoms with Crippen LogP contribution < -0.4 is 4.74 Å². The Kier molecular flexibility index (Phi) is 5.30. The summed E-state index contributed by atoms with van der Waals surface area (Å²) in [5.74, 6) is 12.4. The molecular formula is C16H18OSi. The molecular weight excluding hydrogens is 236 g/mol. The topological polar surface area (TPSA) is 9.23 Å². The zero-order valence-electron chi connectivity index (χ0n) is 11.4. The molecule has 0 unspecified atom stereocenters. The molecule has 0 aromatic heterocycles. The molecule has 1 aromatic rings. The highest BCUT2D eigenvalue weighted by Crippen LogP contribution is 2.09. The fraction of sp³-hybridized carbons (Fsp3) is 0.250. The minimum absolute atomic E-state index is 0.838. The Morgan fingerprint density at radius 3 is 2.28 bits per heavy atom. The van der Waals surface area contributed by atoms with Gasteiger partial charge in [-0.2, -0.15) is 0 Å². The number of methoxy groups -OCH3 is 1. The van der Waals surface area contributed by atoms with Gasteiger partial charge in [0.05, 0.1) is 15.2 Å². The highest BCUT2D eigenvalue weighted by molar-refractivity contribution is 6.81. The smallest absolute Gasteiger partial charge is 0.118 e. The summed E-state index contributed by atoms with van der Waals surface area (Å²) < 4.78 is 5.08. The van der Waals surface area contributed by atoms with Gasteiger partial charge >= 0.3 is 0 Å². The first kappa shape index (κ1) is 14.2. The van der Waals surface area contributed by atoms with Gasteiger partial charge in [-0.15, -0.1) is 0 Å². The Labute approximate surface area is 111 Å². The van der Waals surface area contributed by atoms with Crippen LogP contribution in [0.15, 0.2) is 36.0 Å². The van der Waals surface area contributed by atoms with E-state index in [1.807, 2.05) is 30.3 Å². The van der Waals surface area contributed by atoms with Crippen LogP contribution in [-0.4, -0.2) is 15.2 Å². The van der Waals surface area contributed by atoms with Gasteiger partial charge in [0.25, 0.3) is 0 Å². The summed E-state index contributed by atoms with van der Waals surface area (Å²) in [4.78, 5) is 0. The molecule has 0 aliphatic heterocycles. The van der Waals surface area contributed by atoms with Gasteiger partial charge in [0.2, 0.25) is 0 Å². The summed E-state index contributed by atoms with van der Waals surface area (Å²) in [6, 6.07) is 7.63. The summed E-state index contributed by atoms with van der Waals surface area (Å²) in [5.41, 5.74) is 3.15. The Morgan fingerprint density at radius 1 is 1.06 bits per heavy atom. The number of allylic oxidation sites excluding steroid dienone is 1. The molecule has 0 aliphatic rings. The van der Waals surface area contributed by atoms with E-state index in [4.69, 9.17) is 4.74 Å². The molecule has 0 bridgehead atoms. The van der Waals surface area contributed by atoms with Crippen LogP contribution in [0.25, 0.3) is 0 Å². The highest BCUT2D eigenvalue weighted by Gasteiger charge is 2.05. The molecule has 0 fully saturated rings. The van der Waals surface area contributed by atoms with E-state index in [0.29, 0.717) is 0 Å². The quantitative estimate of drug-likeness (QED) is 0.580. The Morgan fingerprint density at radius 2 is 1.72 bits per heavy atom. The Balaban J connectivity index is 2.61. The van der Waals surface area contributed by atoms with Crippen LogP contribution in [0.5, 0.6) is 5.75 Å². The number of ether oxygens (including phenoxy) is 1. The van der Waals surface area contributed by atoms with Gasteiger partial charge in [-0.3, -0.25) is 0 Å². The molecule has 0 N–H and O–H groups in total. The number of hydrogen-bond acceptors (Lipinski definition) is 1. The van der Waals surface area contributed by atoms with E-state index in [2.05, 4.69) is 49.0 Å². The van der Waals surface area contributed by atoms with Gasteiger partial charge in [-0.05, 0) is 42.2 Å². The molecule has 0 radical (unpaired) electrons. The van der Waals surface area contributed by atoms with Crippen molar-refractivity contribution in [3.63, 3.8) is 0 Å². The van der Waals surface area contributed by atoms with E-state index < -0.39 is 8.07 Å². The minimum Gasteiger partial charge on any atom is -0.497 e. The van der Waals surface area contributed by atoms with E-state index in [1.54, 1.807) is 7.11 Å². The minimum atomic E-state index is -1.14.